The molecule has 3 aromatic rings. The van der Waals surface area contributed by atoms with Crippen LogP contribution in [0.4, 0.5) is 11.4 Å². The van der Waals surface area contributed by atoms with Gasteiger partial charge in [0.25, 0.3) is 0 Å². The maximum atomic E-state index is 12.2. The summed E-state index contributed by atoms with van der Waals surface area (Å²) < 4.78 is 5.24. The number of benzene rings is 3. The van der Waals surface area contributed by atoms with Crippen LogP contribution in [0.3, 0.4) is 0 Å². The highest BCUT2D eigenvalue weighted by molar-refractivity contribution is 6.02. The number of aldehydes is 1. The number of carbonyl (C=O) groups excluding carboxylic acids is 2. The Bertz CT molecular complexity index is 1130. The van der Waals surface area contributed by atoms with Gasteiger partial charge in [-0.15, -0.1) is 0 Å². The van der Waals surface area contributed by atoms with Crippen molar-refractivity contribution in [3.8, 4) is 16.9 Å². The second-order valence-electron chi connectivity index (χ2n) is 9.07. The van der Waals surface area contributed by atoms with Crippen molar-refractivity contribution in [2.75, 3.05) is 43.6 Å². The average Bonchev–Trinajstić information content (AvgIpc) is 2.97. The van der Waals surface area contributed by atoms with Gasteiger partial charge >= 0.3 is 0 Å². The van der Waals surface area contributed by atoms with Crippen LogP contribution in [-0.2, 0) is 4.74 Å². The second-order valence-corrected chi connectivity index (χ2v) is 9.07. The summed E-state index contributed by atoms with van der Waals surface area (Å²) >= 11 is 0. The molecule has 1 fully saturated rings. The monoisotopic (exact) mass is 518 g/mol. The van der Waals surface area contributed by atoms with E-state index in [9.17, 15) is 14.7 Å². The molecule has 1 heterocycles. The van der Waals surface area contributed by atoms with Gasteiger partial charge in [0, 0.05) is 49.6 Å². The summed E-state index contributed by atoms with van der Waals surface area (Å²) in [6.45, 7) is 9.40. The van der Waals surface area contributed by atoms with Crippen molar-refractivity contribution in [3.63, 3.8) is 0 Å². The summed E-state index contributed by atoms with van der Waals surface area (Å²) in [5.74, 6) is 0.254. The average molecular weight is 519 g/mol. The number of morpholine rings is 1. The Morgan fingerprint density at radius 1 is 0.974 bits per heavy atom. The SMILES string of the molecule is CCC.CCCCC(=O)c1ccc(-c2ccccc2)cc1NC.O=Cc1ccc(N2CCOCC2)cc1O. The van der Waals surface area contributed by atoms with Gasteiger partial charge in [-0.25, -0.2) is 0 Å². The lowest BCUT2D eigenvalue weighted by molar-refractivity contribution is 0.0980. The highest BCUT2D eigenvalue weighted by Crippen LogP contribution is 2.27. The molecule has 0 aliphatic carbocycles. The number of nitrogens with zero attached hydrogens (tertiary/aromatic N) is 1. The van der Waals surface area contributed by atoms with Gasteiger partial charge in [0.1, 0.15) is 5.75 Å². The number of ether oxygens (including phenoxy) is 1. The quantitative estimate of drug-likeness (QED) is 0.242. The van der Waals surface area contributed by atoms with E-state index in [1.807, 2.05) is 43.4 Å². The van der Waals surface area contributed by atoms with E-state index in [2.05, 4.69) is 49.2 Å². The van der Waals surface area contributed by atoms with Crippen LogP contribution >= 0.6 is 0 Å². The number of hydrogen-bond acceptors (Lipinski definition) is 6. The van der Waals surface area contributed by atoms with Gasteiger partial charge in [-0.3, -0.25) is 9.59 Å². The number of unbranched alkanes of at least 4 members (excludes halogenated alkanes) is 1. The number of phenolic OH excluding ortho intramolecular Hbond substituents is 1. The van der Waals surface area contributed by atoms with Crippen molar-refractivity contribution in [2.24, 2.45) is 0 Å². The topological polar surface area (TPSA) is 78.9 Å². The predicted molar refractivity (Wildman–Crippen MR) is 158 cm³/mol. The molecule has 4 rings (SSSR count). The van der Waals surface area contributed by atoms with Crippen LogP contribution in [0.15, 0.2) is 66.7 Å². The van der Waals surface area contributed by atoms with Crippen LogP contribution in [0.2, 0.25) is 0 Å². The van der Waals surface area contributed by atoms with Gasteiger partial charge in [-0.2, -0.15) is 0 Å². The van der Waals surface area contributed by atoms with Gasteiger partial charge in [0.2, 0.25) is 0 Å². The number of phenols is 1. The predicted octanol–water partition coefficient (Wildman–Crippen LogP) is 7.23. The number of Topliss-reactive ketones (excluding diaryl/α,β-unsaturated/α-hetero) is 1. The number of rotatable bonds is 8. The van der Waals surface area contributed by atoms with Crippen molar-refractivity contribution in [1.29, 1.82) is 0 Å². The second kappa shape index (κ2) is 17.0. The molecule has 1 saturated heterocycles. The van der Waals surface area contributed by atoms with Crippen molar-refractivity contribution in [1.82, 2.24) is 0 Å². The molecule has 0 spiro atoms. The van der Waals surface area contributed by atoms with E-state index in [1.165, 1.54) is 6.42 Å². The lowest BCUT2D eigenvalue weighted by Gasteiger charge is -2.28. The van der Waals surface area contributed by atoms with Crippen LogP contribution in [0.1, 0.15) is 67.2 Å². The summed E-state index contributed by atoms with van der Waals surface area (Å²) in [6, 6.07) is 21.3. The van der Waals surface area contributed by atoms with E-state index in [1.54, 1.807) is 12.1 Å². The molecule has 0 atom stereocenters. The molecule has 0 bridgehead atoms. The zero-order valence-corrected chi connectivity index (χ0v) is 23.2. The molecule has 3 aromatic carbocycles. The smallest absolute Gasteiger partial charge is 0.164 e. The number of ketones is 1. The summed E-state index contributed by atoms with van der Waals surface area (Å²) in [4.78, 5) is 24.8. The maximum absolute atomic E-state index is 12.2. The van der Waals surface area contributed by atoms with E-state index >= 15 is 0 Å². The molecule has 0 saturated carbocycles. The Kier molecular flexibility index (Phi) is 13.7. The largest absolute Gasteiger partial charge is 0.507 e. The summed E-state index contributed by atoms with van der Waals surface area (Å²) in [5.41, 5.74) is 5.25. The normalized spacial score (nSPS) is 12.4. The molecular weight excluding hydrogens is 476 g/mol. The minimum Gasteiger partial charge on any atom is -0.507 e. The first-order chi connectivity index (χ1) is 18.5. The van der Waals surface area contributed by atoms with Gasteiger partial charge < -0.3 is 20.1 Å². The van der Waals surface area contributed by atoms with E-state index in [4.69, 9.17) is 4.74 Å². The number of carbonyl (C=O) groups is 2. The molecule has 0 amide bonds. The van der Waals surface area contributed by atoms with Crippen molar-refractivity contribution in [2.45, 2.75) is 46.5 Å². The summed E-state index contributed by atoms with van der Waals surface area (Å²) in [7, 11) is 1.86. The van der Waals surface area contributed by atoms with Crippen LogP contribution in [0, 0.1) is 0 Å². The molecule has 6 nitrogen and oxygen atoms in total. The van der Waals surface area contributed by atoms with Crippen LogP contribution in [0.5, 0.6) is 5.75 Å². The first-order valence-electron chi connectivity index (χ1n) is 13.5. The van der Waals surface area contributed by atoms with Crippen LogP contribution < -0.4 is 10.2 Å². The fourth-order valence-electron chi connectivity index (χ4n) is 3.93. The lowest BCUT2D eigenvalue weighted by atomic mass is 9.98. The lowest BCUT2D eigenvalue weighted by Crippen LogP contribution is -2.36. The molecule has 2 N–H and O–H groups in total. The van der Waals surface area contributed by atoms with Crippen LogP contribution in [-0.4, -0.2) is 50.5 Å². The van der Waals surface area contributed by atoms with E-state index in [0.29, 0.717) is 31.5 Å². The van der Waals surface area contributed by atoms with E-state index in [0.717, 1.165) is 54.0 Å². The molecular formula is C32H42N2O4. The minimum absolute atomic E-state index is 0.0361. The molecule has 0 aromatic heterocycles. The summed E-state index contributed by atoms with van der Waals surface area (Å²) in [6.07, 6.45) is 4.51. The van der Waals surface area contributed by atoms with E-state index < -0.39 is 0 Å². The van der Waals surface area contributed by atoms with E-state index in [-0.39, 0.29) is 11.5 Å². The molecule has 204 valence electrons. The Morgan fingerprint density at radius 3 is 2.24 bits per heavy atom. The molecule has 1 aliphatic heterocycles. The zero-order valence-electron chi connectivity index (χ0n) is 23.2. The minimum atomic E-state index is 0.0361. The number of hydrogen-bond donors (Lipinski definition) is 2. The standard InChI is InChI=1S/C18H21NO.C11H13NO3.C3H8/c1-3-4-10-18(20)16-12-11-15(13-17(16)19-2)14-8-6-5-7-9-14;13-8-9-1-2-10(7-11(9)14)12-3-5-15-6-4-12;1-3-2/h5-9,11-13,19H,3-4,10H2,1-2H3;1-2,7-8,14H,3-6H2;3H2,1-2H3. The fourth-order valence-corrected chi connectivity index (χ4v) is 3.93. The van der Waals surface area contributed by atoms with Crippen molar-refractivity contribution >= 4 is 23.4 Å². The van der Waals surface area contributed by atoms with Crippen LogP contribution in [0.25, 0.3) is 11.1 Å². The third kappa shape index (κ3) is 9.34. The van der Waals surface area contributed by atoms with Crippen molar-refractivity contribution < 1.29 is 19.4 Å². The first-order valence-corrected chi connectivity index (χ1v) is 13.5. The molecule has 6 heteroatoms. The third-order valence-corrected chi connectivity index (χ3v) is 5.97. The fraction of sp³-hybridized carbons (Fsp3) is 0.375. The Morgan fingerprint density at radius 2 is 1.66 bits per heavy atom. The Balaban J connectivity index is 0.000000250. The van der Waals surface area contributed by atoms with Gasteiger partial charge in [-0.1, -0.05) is 70.0 Å². The van der Waals surface area contributed by atoms with Crippen molar-refractivity contribution in [3.05, 3.63) is 77.9 Å². The van der Waals surface area contributed by atoms with Gasteiger partial charge in [-0.05, 0) is 41.8 Å². The number of anilines is 2. The molecule has 38 heavy (non-hydrogen) atoms. The first kappa shape index (κ1) is 30.6. The number of aromatic hydroxyl groups is 1. The third-order valence-electron chi connectivity index (χ3n) is 5.97. The number of nitrogens with one attached hydrogen (secondary N) is 1. The summed E-state index contributed by atoms with van der Waals surface area (Å²) in [5, 5.41) is 12.7. The molecule has 0 radical (unpaired) electrons. The van der Waals surface area contributed by atoms with Gasteiger partial charge in [0.05, 0.1) is 18.8 Å². The maximum Gasteiger partial charge on any atom is 0.164 e. The molecule has 0 unspecified atom stereocenters. The molecule has 1 aliphatic rings. The van der Waals surface area contributed by atoms with Gasteiger partial charge in [0.15, 0.2) is 12.1 Å². The Labute approximate surface area is 227 Å². The highest BCUT2D eigenvalue weighted by Gasteiger charge is 2.13. The highest BCUT2D eigenvalue weighted by atomic mass is 16.5. The zero-order chi connectivity index (χ0) is 27.8. The Hall–Kier alpha value is -3.64.